The summed E-state index contributed by atoms with van der Waals surface area (Å²) < 4.78 is 5.66. The van der Waals surface area contributed by atoms with Crippen LogP contribution in [0.25, 0.3) is 11.1 Å². The van der Waals surface area contributed by atoms with E-state index in [1.807, 2.05) is 37.3 Å². The van der Waals surface area contributed by atoms with Gasteiger partial charge in [-0.15, -0.1) is 11.3 Å². The molecule has 2 bridgehead atoms. The predicted molar refractivity (Wildman–Crippen MR) is 104 cm³/mol. The lowest BCUT2D eigenvalue weighted by molar-refractivity contribution is -0.147. The number of thiophene rings is 1. The Bertz CT molecular complexity index is 955. The number of benzene rings is 1. The Balaban J connectivity index is 1.68. The normalized spacial score (nSPS) is 25.6. The third kappa shape index (κ3) is 2.98. The second-order valence-electron chi connectivity index (χ2n) is 7.14. The SMILES string of the molecule is Cc1sc(NC(=O)[C@H]2[C@@H](C(=O)O)[C@@H]3CC[C@H]2O3)c(C(N)=O)c1-c1ccccc1. The highest BCUT2D eigenvalue weighted by atomic mass is 32.1. The Morgan fingerprint density at radius 2 is 1.79 bits per heavy atom. The molecule has 146 valence electrons. The van der Waals surface area contributed by atoms with Crippen LogP contribution < -0.4 is 11.1 Å². The van der Waals surface area contributed by atoms with Crippen LogP contribution in [0.2, 0.25) is 0 Å². The maximum absolute atomic E-state index is 13.0. The molecule has 2 amide bonds. The van der Waals surface area contributed by atoms with Gasteiger partial charge in [-0.1, -0.05) is 30.3 Å². The van der Waals surface area contributed by atoms with E-state index in [4.69, 9.17) is 10.5 Å². The molecule has 0 unspecified atom stereocenters. The van der Waals surface area contributed by atoms with Gasteiger partial charge in [-0.05, 0) is 25.3 Å². The van der Waals surface area contributed by atoms with Crippen LogP contribution in [0.4, 0.5) is 5.00 Å². The van der Waals surface area contributed by atoms with Gasteiger partial charge >= 0.3 is 5.97 Å². The summed E-state index contributed by atoms with van der Waals surface area (Å²) in [6.45, 7) is 1.86. The molecule has 0 spiro atoms. The molecule has 4 atom stereocenters. The first-order valence-electron chi connectivity index (χ1n) is 9.06. The van der Waals surface area contributed by atoms with Gasteiger partial charge in [0.2, 0.25) is 5.91 Å². The molecule has 2 fully saturated rings. The summed E-state index contributed by atoms with van der Waals surface area (Å²) in [5, 5.41) is 12.6. The average Bonchev–Trinajstić information content (AvgIpc) is 3.34. The largest absolute Gasteiger partial charge is 0.481 e. The molecule has 2 aromatic rings. The molecule has 1 aromatic carbocycles. The van der Waals surface area contributed by atoms with Crippen molar-refractivity contribution in [2.24, 2.45) is 17.6 Å². The summed E-state index contributed by atoms with van der Waals surface area (Å²) in [5.41, 5.74) is 7.40. The van der Waals surface area contributed by atoms with Crippen molar-refractivity contribution in [2.45, 2.75) is 32.0 Å². The zero-order chi connectivity index (χ0) is 20.0. The molecule has 0 saturated carbocycles. The fraction of sp³-hybridized carbons (Fsp3) is 0.350. The molecule has 0 radical (unpaired) electrons. The van der Waals surface area contributed by atoms with Gasteiger partial charge in [-0.2, -0.15) is 0 Å². The number of ether oxygens (including phenoxy) is 1. The Kier molecular flexibility index (Phi) is 4.68. The number of fused-ring (bicyclic) bond motifs is 2. The minimum atomic E-state index is -1.03. The van der Waals surface area contributed by atoms with Gasteiger partial charge in [0, 0.05) is 10.4 Å². The van der Waals surface area contributed by atoms with E-state index in [1.165, 1.54) is 11.3 Å². The van der Waals surface area contributed by atoms with Crippen molar-refractivity contribution in [3.63, 3.8) is 0 Å². The van der Waals surface area contributed by atoms with E-state index >= 15 is 0 Å². The third-order valence-corrected chi connectivity index (χ3v) is 6.51. The van der Waals surface area contributed by atoms with Crippen LogP contribution in [0, 0.1) is 18.8 Å². The van der Waals surface area contributed by atoms with Gasteiger partial charge in [-0.3, -0.25) is 14.4 Å². The van der Waals surface area contributed by atoms with Crippen molar-refractivity contribution < 1.29 is 24.2 Å². The van der Waals surface area contributed by atoms with Crippen molar-refractivity contribution in [3.8, 4) is 11.1 Å². The molecular formula is C20H20N2O5S. The molecule has 1 aromatic heterocycles. The number of carbonyl (C=O) groups is 3. The second-order valence-corrected chi connectivity index (χ2v) is 8.36. The molecular weight excluding hydrogens is 380 g/mol. The number of carbonyl (C=O) groups excluding carboxylic acids is 2. The summed E-state index contributed by atoms with van der Waals surface area (Å²) >= 11 is 1.26. The Labute approximate surface area is 165 Å². The van der Waals surface area contributed by atoms with Gasteiger partial charge in [0.15, 0.2) is 0 Å². The van der Waals surface area contributed by atoms with Crippen LogP contribution in [-0.2, 0) is 14.3 Å². The molecule has 2 saturated heterocycles. The number of hydrogen-bond donors (Lipinski definition) is 3. The fourth-order valence-corrected chi connectivity index (χ4v) is 5.42. The van der Waals surface area contributed by atoms with E-state index in [0.29, 0.717) is 23.4 Å². The van der Waals surface area contributed by atoms with Crippen molar-refractivity contribution in [1.82, 2.24) is 0 Å². The molecule has 2 aliphatic heterocycles. The highest BCUT2D eigenvalue weighted by Crippen LogP contribution is 2.45. The second kappa shape index (κ2) is 7.03. The Hall–Kier alpha value is -2.71. The summed E-state index contributed by atoms with van der Waals surface area (Å²) in [7, 11) is 0. The molecule has 7 nitrogen and oxygen atoms in total. The number of carboxylic acids is 1. The van der Waals surface area contributed by atoms with Gasteiger partial charge in [-0.25, -0.2) is 0 Å². The quantitative estimate of drug-likeness (QED) is 0.713. The highest BCUT2D eigenvalue weighted by molar-refractivity contribution is 7.17. The van der Waals surface area contributed by atoms with Crippen LogP contribution in [0.15, 0.2) is 30.3 Å². The molecule has 8 heteroatoms. The first kappa shape index (κ1) is 18.6. The van der Waals surface area contributed by atoms with Crippen molar-refractivity contribution in [3.05, 3.63) is 40.8 Å². The third-order valence-electron chi connectivity index (χ3n) is 5.49. The summed E-state index contributed by atoms with van der Waals surface area (Å²) in [6.07, 6.45) is 0.471. The maximum Gasteiger partial charge on any atom is 0.310 e. The van der Waals surface area contributed by atoms with Crippen molar-refractivity contribution in [2.75, 3.05) is 5.32 Å². The predicted octanol–water partition coefficient (Wildman–Crippen LogP) is 2.64. The lowest BCUT2D eigenvalue weighted by atomic mass is 9.78. The van der Waals surface area contributed by atoms with E-state index in [9.17, 15) is 19.5 Å². The van der Waals surface area contributed by atoms with E-state index in [1.54, 1.807) is 0 Å². The topological polar surface area (TPSA) is 119 Å². The number of rotatable bonds is 5. The zero-order valence-electron chi connectivity index (χ0n) is 15.2. The summed E-state index contributed by atoms with van der Waals surface area (Å²) in [5.74, 6) is -3.76. The molecule has 4 rings (SSSR count). The molecule has 0 aliphatic carbocycles. The monoisotopic (exact) mass is 400 g/mol. The summed E-state index contributed by atoms with van der Waals surface area (Å²) in [6, 6.07) is 9.34. The standard InChI is InChI=1S/C20H20N2O5S/c1-9-13(10-5-3-2-4-6-10)16(17(21)23)19(28-9)22-18(24)14-11-7-8-12(27-11)15(14)20(25)26/h2-6,11-12,14-15H,7-8H2,1H3,(H2,21,23)(H,22,24)(H,25,26)/t11-,12+,14-,15+/m1/s1. The first-order valence-corrected chi connectivity index (χ1v) is 9.88. The van der Waals surface area contributed by atoms with Crippen LogP contribution in [0.1, 0.15) is 28.1 Å². The number of nitrogens with one attached hydrogen (secondary N) is 1. The van der Waals surface area contributed by atoms with Crippen LogP contribution in [-0.4, -0.2) is 35.1 Å². The van der Waals surface area contributed by atoms with E-state index in [-0.39, 0.29) is 5.56 Å². The van der Waals surface area contributed by atoms with Crippen molar-refractivity contribution in [1.29, 1.82) is 0 Å². The van der Waals surface area contributed by atoms with E-state index < -0.39 is 41.8 Å². The minimum Gasteiger partial charge on any atom is -0.481 e. The number of carboxylic acid groups (broad SMARTS) is 1. The van der Waals surface area contributed by atoms with Crippen LogP contribution in [0.3, 0.4) is 0 Å². The molecule has 3 heterocycles. The number of amides is 2. The fourth-order valence-electron chi connectivity index (χ4n) is 4.34. The minimum absolute atomic E-state index is 0.248. The smallest absolute Gasteiger partial charge is 0.310 e. The van der Waals surface area contributed by atoms with Crippen molar-refractivity contribution >= 4 is 34.1 Å². The van der Waals surface area contributed by atoms with E-state index in [0.717, 1.165) is 10.4 Å². The number of nitrogens with two attached hydrogens (primary N) is 1. The Morgan fingerprint density at radius 1 is 1.14 bits per heavy atom. The Morgan fingerprint density at radius 3 is 2.39 bits per heavy atom. The van der Waals surface area contributed by atoms with Gasteiger partial charge in [0.25, 0.3) is 5.91 Å². The maximum atomic E-state index is 13.0. The number of aliphatic carboxylic acids is 1. The highest BCUT2D eigenvalue weighted by Gasteiger charge is 2.55. The molecule has 28 heavy (non-hydrogen) atoms. The zero-order valence-corrected chi connectivity index (χ0v) is 16.0. The van der Waals surface area contributed by atoms with Gasteiger partial charge < -0.3 is 20.9 Å². The number of anilines is 1. The molecule has 2 aliphatic rings. The first-order chi connectivity index (χ1) is 13.4. The van der Waals surface area contributed by atoms with E-state index in [2.05, 4.69) is 5.32 Å². The van der Waals surface area contributed by atoms with Crippen LogP contribution in [0.5, 0.6) is 0 Å². The number of hydrogen-bond acceptors (Lipinski definition) is 5. The lowest BCUT2D eigenvalue weighted by Gasteiger charge is -2.23. The van der Waals surface area contributed by atoms with Gasteiger partial charge in [0.05, 0.1) is 29.6 Å². The summed E-state index contributed by atoms with van der Waals surface area (Å²) in [4.78, 5) is 37.6. The lowest BCUT2D eigenvalue weighted by Crippen LogP contribution is -2.41. The molecule has 4 N–H and O–H groups in total. The van der Waals surface area contributed by atoms with Gasteiger partial charge in [0.1, 0.15) is 5.00 Å². The van der Waals surface area contributed by atoms with Crippen LogP contribution >= 0.6 is 11.3 Å². The average molecular weight is 400 g/mol. The number of aryl methyl sites for hydroxylation is 1. The number of primary amides is 1.